The smallest absolute Gasteiger partial charge is 0.260 e. The number of amides is 1. The van der Waals surface area contributed by atoms with Crippen LogP contribution in [-0.2, 0) is 4.79 Å². The van der Waals surface area contributed by atoms with E-state index in [-0.39, 0.29) is 18.6 Å². The molecule has 1 fully saturated rings. The molecule has 1 aliphatic heterocycles. The number of benzene rings is 1. The van der Waals surface area contributed by atoms with Gasteiger partial charge >= 0.3 is 0 Å². The molecule has 0 bridgehead atoms. The molecule has 27 heavy (non-hydrogen) atoms. The lowest BCUT2D eigenvalue weighted by molar-refractivity contribution is -0.135. The van der Waals surface area contributed by atoms with Crippen molar-refractivity contribution in [3.63, 3.8) is 0 Å². The van der Waals surface area contributed by atoms with Crippen molar-refractivity contribution in [1.29, 1.82) is 0 Å². The summed E-state index contributed by atoms with van der Waals surface area (Å²) in [7, 11) is 1.58. The summed E-state index contributed by atoms with van der Waals surface area (Å²) in [5.41, 5.74) is 0.888. The Labute approximate surface area is 159 Å². The number of aromatic nitrogens is 2. The maximum absolute atomic E-state index is 12.4. The highest BCUT2D eigenvalue weighted by atomic mass is 16.5. The molecule has 7 heteroatoms. The molecule has 1 amide bonds. The van der Waals surface area contributed by atoms with Gasteiger partial charge in [0, 0.05) is 37.7 Å². The Hall–Kier alpha value is -2.83. The fourth-order valence-electron chi connectivity index (χ4n) is 3.11. The van der Waals surface area contributed by atoms with E-state index in [0.29, 0.717) is 36.3 Å². The van der Waals surface area contributed by atoms with E-state index in [4.69, 9.17) is 14.2 Å². The molecule has 1 aromatic heterocycles. The molecule has 0 aliphatic carbocycles. The van der Waals surface area contributed by atoms with Crippen LogP contribution in [0.5, 0.6) is 17.4 Å². The van der Waals surface area contributed by atoms with Gasteiger partial charge in [-0.2, -0.15) is 4.98 Å². The van der Waals surface area contributed by atoms with Crippen LogP contribution < -0.4 is 14.2 Å². The Kier molecular flexibility index (Phi) is 6.11. The van der Waals surface area contributed by atoms with Gasteiger partial charge in [0.2, 0.25) is 5.88 Å². The molecule has 1 aromatic carbocycles. The zero-order chi connectivity index (χ0) is 19.2. The minimum atomic E-state index is -0.0342. The van der Waals surface area contributed by atoms with E-state index in [2.05, 4.69) is 9.97 Å². The third-order valence-corrected chi connectivity index (χ3v) is 4.44. The average molecular weight is 371 g/mol. The van der Waals surface area contributed by atoms with Gasteiger partial charge in [0.1, 0.15) is 11.9 Å². The summed E-state index contributed by atoms with van der Waals surface area (Å²) in [5.74, 6) is 2.46. The highest BCUT2D eigenvalue weighted by molar-refractivity contribution is 5.78. The Balaban J connectivity index is 1.47. The summed E-state index contributed by atoms with van der Waals surface area (Å²) >= 11 is 0. The second kappa shape index (κ2) is 8.70. The Morgan fingerprint density at radius 2 is 1.85 bits per heavy atom. The number of likely N-dealkylation sites (tertiary alicyclic amines) is 1. The number of para-hydroxylation sites is 2. The van der Waals surface area contributed by atoms with Gasteiger partial charge < -0.3 is 19.1 Å². The highest BCUT2D eigenvalue weighted by Gasteiger charge is 2.24. The maximum Gasteiger partial charge on any atom is 0.260 e. The highest BCUT2D eigenvalue weighted by Crippen LogP contribution is 2.26. The number of ether oxygens (including phenoxy) is 3. The van der Waals surface area contributed by atoms with Gasteiger partial charge in [0.15, 0.2) is 18.1 Å². The monoisotopic (exact) mass is 371 g/mol. The van der Waals surface area contributed by atoms with Gasteiger partial charge in [0.25, 0.3) is 5.91 Å². The standard InChI is InChI=1S/C20H25N3O4/c1-14-12-19(22-15(2)21-14)27-16-8-10-23(11-9-16)20(24)13-26-18-7-5-4-6-17(18)25-3/h4-7,12,16H,8-11,13H2,1-3H3. The average Bonchev–Trinajstić information content (AvgIpc) is 2.66. The summed E-state index contributed by atoms with van der Waals surface area (Å²) in [6, 6.07) is 9.14. The first kappa shape index (κ1) is 18.9. The lowest BCUT2D eigenvalue weighted by Gasteiger charge is -2.32. The van der Waals surface area contributed by atoms with Crippen molar-refractivity contribution < 1.29 is 19.0 Å². The Bertz CT molecular complexity index is 768. The third kappa shape index (κ3) is 5.09. The van der Waals surface area contributed by atoms with Crippen molar-refractivity contribution >= 4 is 5.91 Å². The molecular formula is C20H25N3O4. The molecule has 3 rings (SSSR count). The molecule has 2 heterocycles. The minimum Gasteiger partial charge on any atom is -0.493 e. The summed E-state index contributed by atoms with van der Waals surface area (Å²) in [4.78, 5) is 22.8. The van der Waals surface area contributed by atoms with E-state index < -0.39 is 0 Å². The van der Waals surface area contributed by atoms with Crippen molar-refractivity contribution in [3.8, 4) is 17.4 Å². The lowest BCUT2D eigenvalue weighted by atomic mass is 10.1. The molecule has 0 saturated carbocycles. The third-order valence-electron chi connectivity index (χ3n) is 4.44. The molecule has 0 N–H and O–H groups in total. The quantitative estimate of drug-likeness (QED) is 0.777. The predicted octanol–water partition coefficient (Wildman–Crippen LogP) is 2.55. The lowest BCUT2D eigenvalue weighted by Crippen LogP contribution is -2.43. The molecule has 0 unspecified atom stereocenters. The van der Waals surface area contributed by atoms with Crippen LogP contribution in [0.2, 0.25) is 0 Å². The van der Waals surface area contributed by atoms with E-state index in [1.807, 2.05) is 36.9 Å². The number of hydrogen-bond acceptors (Lipinski definition) is 6. The SMILES string of the molecule is COc1ccccc1OCC(=O)N1CCC(Oc2cc(C)nc(C)n2)CC1. The molecular weight excluding hydrogens is 346 g/mol. The van der Waals surface area contributed by atoms with E-state index in [0.717, 1.165) is 18.5 Å². The number of nitrogens with zero attached hydrogens (tertiary/aromatic N) is 3. The molecule has 1 aliphatic rings. The van der Waals surface area contributed by atoms with Crippen LogP contribution in [-0.4, -0.2) is 53.7 Å². The zero-order valence-electron chi connectivity index (χ0n) is 16.0. The van der Waals surface area contributed by atoms with Crippen molar-refractivity contribution in [1.82, 2.24) is 14.9 Å². The van der Waals surface area contributed by atoms with Gasteiger partial charge in [0.05, 0.1) is 7.11 Å². The van der Waals surface area contributed by atoms with E-state index in [9.17, 15) is 4.79 Å². The fourth-order valence-corrected chi connectivity index (χ4v) is 3.11. The van der Waals surface area contributed by atoms with Crippen LogP contribution in [0, 0.1) is 13.8 Å². The van der Waals surface area contributed by atoms with E-state index in [1.165, 1.54) is 0 Å². The van der Waals surface area contributed by atoms with Gasteiger partial charge in [-0.15, -0.1) is 0 Å². The molecule has 2 aromatic rings. The maximum atomic E-state index is 12.4. The van der Waals surface area contributed by atoms with E-state index >= 15 is 0 Å². The number of hydrogen-bond donors (Lipinski definition) is 0. The largest absolute Gasteiger partial charge is 0.493 e. The molecule has 144 valence electrons. The van der Waals surface area contributed by atoms with Gasteiger partial charge in [-0.1, -0.05) is 12.1 Å². The van der Waals surface area contributed by atoms with Gasteiger partial charge in [-0.05, 0) is 26.0 Å². The number of rotatable bonds is 6. The predicted molar refractivity (Wildman–Crippen MR) is 100 cm³/mol. The molecule has 0 radical (unpaired) electrons. The summed E-state index contributed by atoms with van der Waals surface area (Å²) in [6.07, 6.45) is 1.59. The number of carbonyl (C=O) groups excluding carboxylic acids is 1. The Morgan fingerprint density at radius 3 is 2.52 bits per heavy atom. The number of methoxy groups -OCH3 is 1. The first-order chi connectivity index (χ1) is 13.0. The number of aryl methyl sites for hydroxylation is 2. The number of piperidine rings is 1. The van der Waals surface area contributed by atoms with E-state index in [1.54, 1.807) is 19.2 Å². The van der Waals surface area contributed by atoms with Crippen LogP contribution in [0.4, 0.5) is 0 Å². The topological polar surface area (TPSA) is 73.8 Å². The molecule has 0 spiro atoms. The van der Waals surface area contributed by atoms with Crippen molar-refractivity contribution in [2.75, 3.05) is 26.8 Å². The normalized spacial score (nSPS) is 14.7. The van der Waals surface area contributed by atoms with Crippen LogP contribution >= 0.6 is 0 Å². The van der Waals surface area contributed by atoms with Crippen molar-refractivity contribution in [2.45, 2.75) is 32.8 Å². The number of carbonyl (C=O) groups is 1. The summed E-state index contributed by atoms with van der Waals surface area (Å²) in [6.45, 7) is 5.05. The second-order valence-electron chi connectivity index (χ2n) is 6.53. The molecule has 0 atom stereocenters. The van der Waals surface area contributed by atoms with Crippen LogP contribution in [0.25, 0.3) is 0 Å². The summed E-state index contributed by atoms with van der Waals surface area (Å²) < 4.78 is 16.8. The van der Waals surface area contributed by atoms with Crippen molar-refractivity contribution in [3.05, 3.63) is 41.9 Å². The van der Waals surface area contributed by atoms with Gasteiger partial charge in [-0.3, -0.25) is 4.79 Å². The fraction of sp³-hybridized carbons (Fsp3) is 0.450. The zero-order valence-corrected chi connectivity index (χ0v) is 16.0. The summed E-state index contributed by atoms with van der Waals surface area (Å²) in [5, 5.41) is 0. The van der Waals surface area contributed by atoms with Crippen LogP contribution in [0.1, 0.15) is 24.4 Å². The second-order valence-corrected chi connectivity index (χ2v) is 6.53. The van der Waals surface area contributed by atoms with Crippen molar-refractivity contribution in [2.24, 2.45) is 0 Å². The molecule has 7 nitrogen and oxygen atoms in total. The minimum absolute atomic E-state index is 0.00377. The van der Waals surface area contributed by atoms with Gasteiger partial charge in [-0.25, -0.2) is 4.98 Å². The Morgan fingerprint density at radius 1 is 1.15 bits per heavy atom. The first-order valence-electron chi connectivity index (χ1n) is 9.07. The first-order valence-corrected chi connectivity index (χ1v) is 9.07. The molecule has 1 saturated heterocycles. The van der Waals surface area contributed by atoms with Crippen LogP contribution in [0.3, 0.4) is 0 Å². The van der Waals surface area contributed by atoms with Crippen LogP contribution in [0.15, 0.2) is 30.3 Å².